The molecule has 0 fully saturated rings. The summed E-state index contributed by atoms with van der Waals surface area (Å²) in [7, 11) is 3.23. The second kappa shape index (κ2) is 5.08. The Morgan fingerprint density at radius 3 is 2.12 bits per heavy atom. The molecule has 1 aromatic rings. The summed E-state index contributed by atoms with van der Waals surface area (Å²) in [6.07, 6.45) is 0.850. The van der Waals surface area contributed by atoms with Gasteiger partial charge in [0.25, 0.3) is 0 Å². The van der Waals surface area contributed by atoms with E-state index in [0.717, 1.165) is 12.0 Å². The van der Waals surface area contributed by atoms with Gasteiger partial charge in [-0.05, 0) is 0 Å². The maximum absolute atomic E-state index is 10.9. The summed E-state index contributed by atoms with van der Waals surface area (Å²) in [5.74, 6) is 1.44. The summed E-state index contributed by atoms with van der Waals surface area (Å²) in [5, 5.41) is 0. The third-order valence-corrected chi connectivity index (χ3v) is 8.12. The fourth-order valence-electron chi connectivity index (χ4n) is 1.61. The first-order chi connectivity index (χ1) is 7.43. The van der Waals surface area contributed by atoms with Crippen molar-refractivity contribution < 1.29 is 14.3 Å². The average Bonchev–Trinajstić information content (AvgIpc) is 2.25. The number of rotatable bonds is 4. The van der Waals surface area contributed by atoms with Gasteiger partial charge >= 0.3 is 101 Å². The Bertz CT molecular complexity index is 394. The number of ether oxygens (including phenoxy) is 2. The van der Waals surface area contributed by atoms with Crippen molar-refractivity contribution in [1.29, 1.82) is 0 Å². The topological polar surface area (TPSA) is 35.5 Å². The summed E-state index contributed by atoms with van der Waals surface area (Å²) in [6.45, 7) is 0. The summed E-state index contributed by atoms with van der Waals surface area (Å²) in [5.41, 5.74) is 0.652. The van der Waals surface area contributed by atoms with Crippen LogP contribution in [0.4, 0.5) is 0 Å². The normalized spacial score (nSPS) is 11.1. The molecule has 0 radical (unpaired) electrons. The van der Waals surface area contributed by atoms with Crippen molar-refractivity contribution in [1.82, 2.24) is 0 Å². The number of hydrogen-bond donors (Lipinski definition) is 0. The summed E-state index contributed by atoms with van der Waals surface area (Å²) < 4.78 is 11.8. The molecule has 1 aromatic carbocycles. The van der Waals surface area contributed by atoms with Crippen LogP contribution in [0.3, 0.4) is 0 Å². The van der Waals surface area contributed by atoms with Gasteiger partial charge in [-0.25, -0.2) is 0 Å². The van der Waals surface area contributed by atoms with Crippen LogP contribution in [-0.2, 0) is 0 Å². The Morgan fingerprint density at radius 2 is 1.75 bits per heavy atom. The molecule has 1 rings (SSSR count). The first-order valence-electron chi connectivity index (χ1n) is 5.15. The van der Waals surface area contributed by atoms with Crippen LogP contribution in [0.2, 0.25) is 14.8 Å². The minimum atomic E-state index is -2.30. The predicted octanol–water partition coefficient (Wildman–Crippen LogP) is 2.06. The van der Waals surface area contributed by atoms with Crippen molar-refractivity contribution in [2.45, 2.75) is 14.8 Å². The van der Waals surface area contributed by atoms with E-state index in [1.165, 1.54) is 3.58 Å². The van der Waals surface area contributed by atoms with Gasteiger partial charge in [-0.3, -0.25) is 0 Å². The Kier molecular flexibility index (Phi) is 4.24. The molecule has 0 aliphatic rings. The van der Waals surface area contributed by atoms with E-state index in [1.54, 1.807) is 20.3 Å². The van der Waals surface area contributed by atoms with Crippen molar-refractivity contribution in [3.63, 3.8) is 0 Å². The zero-order valence-electron chi connectivity index (χ0n) is 10.5. The van der Waals surface area contributed by atoms with E-state index in [9.17, 15) is 4.79 Å². The van der Waals surface area contributed by atoms with Crippen LogP contribution < -0.4 is 13.1 Å². The number of methoxy groups -OCH3 is 2. The van der Waals surface area contributed by atoms with Crippen LogP contribution in [0.1, 0.15) is 10.4 Å². The molecule has 0 saturated carbocycles. The van der Waals surface area contributed by atoms with Crippen molar-refractivity contribution in [3.05, 3.63) is 17.7 Å². The van der Waals surface area contributed by atoms with E-state index < -0.39 is 18.4 Å². The second-order valence-electron chi connectivity index (χ2n) is 4.67. The van der Waals surface area contributed by atoms with E-state index in [1.807, 2.05) is 6.07 Å². The van der Waals surface area contributed by atoms with Gasteiger partial charge in [0, 0.05) is 0 Å². The van der Waals surface area contributed by atoms with Gasteiger partial charge in [-0.15, -0.1) is 0 Å². The Balaban J connectivity index is 3.49. The van der Waals surface area contributed by atoms with Gasteiger partial charge in [-0.2, -0.15) is 0 Å². The van der Waals surface area contributed by atoms with E-state index >= 15 is 0 Å². The van der Waals surface area contributed by atoms with Gasteiger partial charge in [0.1, 0.15) is 0 Å². The van der Waals surface area contributed by atoms with Crippen LogP contribution in [0.5, 0.6) is 11.5 Å². The molecule has 0 amide bonds. The fraction of sp³-hybridized carbons (Fsp3) is 0.417. The SMILES string of the molecule is COc1cc(C=O)c[c]([Sn]([CH3])([CH3])[CH3])c1OC. The van der Waals surface area contributed by atoms with E-state index in [2.05, 4.69) is 14.8 Å². The molecule has 0 atom stereocenters. The summed E-state index contributed by atoms with van der Waals surface area (Å²) in [4.78, 5) is 17.7. The number of benzene rings is 1. The van der Waals surface area contributed by atoms with E-state index in [-0.39, 0.29) is 0 Å². The van der Waals surface area contributed by atoms with Gasteiger partial charge in [0.2, 0.25) is 0 Å². The van der Waals surface area contributed by atoms with Crippen molar-refractivity contribution in [2.24, 2.45) is 0 Å². The Morgan fingerprint density at radius 1 is 1.12 bits per heavy atom. The second-order valence-corrected chi connectivity index (χ2v) is 19.1. The predicted molar refractivity (Wildman–Crippen MR) is 67.9 cm³/mol. The van der Waals surface area contributed by atoms with Crippen LogP contribution in [-0.4, -0.2) is 38.9 Å². The minimum absolute atomic E-state index is 0.647. The first-order valence-corrected chi connectivity index (χ1v) is 15.1. The molecule has 16 heavy (non-hydrogen) atoms. The van der Waals surface area contributed by atoms with E-state index in [0.29, 0.717) is 11.3 Å². The fourth-order valence-corrected chi connectivity index (χ4v) is 5.91. The number of carbonyl (C=O) groups excluding carboxylic acids is 1. The molecule has 3 nitrogen and oxygen atoms in total. The molecular weight excluding hydrogens is 311 g/mol. The summed E-state index contributed by atoms with van der Waals surface area (Å²) >= 11 is -2.30. The third kappa shape index (κ3) is 2.69. The quantitative estimate of drug-likeness (QED) is 0.627. The van der Waals surface area contributed by atoms with E-state index in [4.69, 9.17) is 9.47 Å². The van der Waals surface area contributed by atoms with Crippen LogP contribution in [0.25, 0.3) is 0 Å². The van der Waals surface area contributed by atoms with Crippen LogP contribution >= 0.6 is 0 Å². The zero-order chi connectivity index (χ0) is 12.3. The number of aldehydes is 1. The number of carbonyl (C=O) groups is 1. The molecule has 0 unspecified atom stereocenters. The van der Waals surface area contributed by atoms with Crippen molar-refractivity contribution in [2.75, 3.05) is 14.2 Å². The molecule has 0 spiro atoms. The molecular formula is C12H18O3Sn. The molecule has 0 aliphatic heterocycles. The third-order valence-electron chi connectivity index (χ3n) is 2.45. The molecule has 0 bridgehead atoms. The zero-order valence-corrected chi connectivity index (χ0v) is 13.3. The monoisotopic (exact) mass is 330 g/mol. The van der Waals surface area contributed by atoms with Gasteiger partial charge in [0.05, 0.1) is 0 Å². The van der Waals surface area contributed by atoms with Gasteiger partial charge in [0.15, 0.2) is 0 Å². The van der Waals surface area contributed by atoms with Crippen LogP contribution in [0.15, 0.2) is 12.1 Å². The molecule has 0 aliphatic carbocycles. The Labute approximate surface area is 101 Å². The summed E-state index contributed by atoms with van der Waals surface area (Å²) in [6, 6.07) is 3.65. The molecule has 0 saturated heterocycles. The molecule has 4 heteroatoms. The molecule has 0 N–H and O–H groups in total. The maximum atomic E-state index is 10.9. The van der Waals surface area contributed by atoms with Crippen LogP contribution in [0, 0.1) is 0 Å². The standard InChI is InChI=1S/C9H9O3.3CH3.Sn/c1-11-8-4-3-7(6-10)5-9(8)12-2;;;;/h3,5-6H,1-2H3;3*1H3;. The molecule has 88 valence electrons. The van der Waals surface area contributed by atoms with Gasteiger partial charge < -0.3 is 0 Å². The molecule has 0 aromatic heterocycles. The molecule has 0 heterocycles. The first kappa shape index (κ1) is 13.4. The average molecular weight is 329 g/mol. The Hall–Kier alpha value is -0.711. The number of hydrogen-bond acceptors (Lipinski definition) is 3. The van der Waals surface area contributed by atoms with Crippen molar-refractivity contribution >= 4 is 28.2 Å². The van der Waals surface area contributed by atoms with Crippen molar-refractivity contribution in [3.8, 4) is 11.5 Å². The van der Waals surface area contributed by atoms with Gasteiger partial charge in [-0.1, -0.05) is 0 Å².